The van der Waals surface area contributed by atoms with E-state index in [9.17, 15) is 0 Å². The monoisotopic (exact) mass is 514 g/mol. The second-order valence-electron chi connectivity index (χ2n) is 10.4. The molecule has 0 bridgehead atoms. The summed E-state index contributed by atoms with van der Waals surface area (Å²) in [6.45, 7) is -5.07. The molecule has 0 saturated heterocycles. The minimum absolute atomic E-state index is 0.0316. The van der Waals surface area contributed by atoms with E-state index in [4.69, 9.17) is 14.0 Å². The van der Waals surface area contributed by atoms with Crippen LogP contribution in [0, 0.1) is 13.7 Å². The van der Waals surface area contributed by atoms with Gasteiger partial charge in [0.2, 0.25) is 0 Å². The Morgan fingerprint density at radius 3 is 2.21 bits per heavy atom. The van der Waals surface area contributed by atoms with Gasteiger partial charge < -0.3 is 4.42 Å². The topological polar surface area (TPSA) is 26.0 Å². The fourth-order valence-corrected chi connectivity index (χ4v) is 5.96. The highest BCUT2D eigenvalue weighted by Crippen LogP contribution is 2.41. The molecule has 2 heterocycles. The van der Waals surface area contributed by atoms with Crippen molar-refractivity contribution in [2.45, 2.75) is 51.7 Å². The van der Waals surface area contributed by atoms with Crippen molar-refractivity contribution in [2.75, 3.05) is 0 Å². The van der Waals surface area contributed by atoms with Gasteiger partial charge in [-0.3, -0.25) is 4.98 Å². The molecule has 192 valence electrons. The average molecular weight is 515 g/mol. The molecule has 0 amide bonds. The van der Waals surface area contributed by atoms with Crippen molar-refractivity contribution in [1.82, 2.24) is 4.98 Å². The number of aryl methyl sites for hydroxylation is 2. The Hall–Kier alpha value is -4.17. The van der Waals surface area contributed by atoms with Gasteiger partial charge in [0.1, 0.15) is 11.2 Å². The molecule has 0 radical (unpaired) electrons. The first-order valence-electron chi connectivity index (χ1n) is 17.1. The minimum atomic E-state index is -2.54. The lowest BCUT2D eigenvalue weighted by molar-refractivity contribution is 0.443. The molecular weight excluding hydrogens is 474 g/mol. The fourth-order valence-electron chi connectivity index (χ4n) is 5.96. The number of nitrogens with zero attached hydrogens (tertiary/aromatic N) is 1. The van der Waals surface area contributed by atoms with Crippen molar-refractivity contribution in [3.8, 4) is 33.5 Å². The number of hydrogen-bond acceptors (Lipinski definition) is 2. The van der Waals surface area contributed by atoms with E-state index in [2.05, 4.69) is 4.98 Å². The van der Waals surface area contributed by atoms with Crippen LogP contribution in [0.5, 0.6) is 0 Å². The van der Waals surface area contributed by atoms with E-state index in [0.717, 1.165) is 46.7 Å². The van der Waals surface area contributed by atoms with Crippen LogP contribution >= 0.6 is 0 Å². The quantitative estimate of drug-likeness (QED) is 0.234. The van der Waals surface area contributed by atoms with Crippen molar-refractivity contribution >= 4 is 21.9 Å². The summed E-state index contributed by atoms with van der Waals surface area (Å²) in [5.74, 6) is -0.859. The van der Waals surface area contributed by atoms with Crippen molar-refractivity contribution in [3.63, 3.8) is 0 Å². The maximum atomic E-state index is 9.12. The summed E-state index contributed by atoms with van der Waals surface area (Å²) < 4.78 is 66.0. The molecule has 1 saturated carbocycles. The molecule has 0 aliphatic heterocycles. The van der Waals surface area contributed by atoms with Gasteiger partial charge >= 0.3 is 0 Å². The van der Waals surface area contributed by atoms with Crippen LogP contribution in [0.25, 0.3) is 55.4 Å². The summed E-state index contributed by atoms with van der Waals surface area (Å²) >= 11 is 0. The molecule has 2 aromatic heterocycles. The predicted molar refractivity (Wildman–Crippen MR) is 163 cm³/mol. The zero-order valence-corrected chi connectivity index (χ0v) is 21.6. The first-order chi connectivity index (χ1) is 21.9. The van der Waals surface area contributed by atoms with Crippen LogP contribution in [0.3, 0.4) is 0 Å². The smallest absolute Gasteiger partial charge is 0.144 e. The second-order valence-corrected chi connectivity index (χ2v) is 10.4. The molecule has 1 aliphatic carbocycles. The molecule has 0 N–H and O–H groups in total. The second kappa shape index (κ2) is 9.85. The molecule has 6 aromatic rings. The number of aromatic nitrogens is 1. The normalized spacial score (nSPS) is 18.4. The standard InChI is InChI=1S/C37H33NO/c1-24-21-28(26-11-5-3-6-12-26)19-20-29(24)34-22-35(38-23-25(34)2)33-18-10-17-32-31-16-9-15-30(36(31)39-37(32)33)27-13-7-4-8-14-27/h4,7-10,13-23,26H,3,5-6,11-12H2,1-2H3/i1D3,2D3,26D. The average Bonchev–Trinajstić information content (AvgIpc) is 3.43. The third-order valence-corrected chi connectivity index (χ3v) is 7.96. The summed E-state index contributed by atoms with van der Waals surface area (Å²) in [5, 5.41) is 1.85. The Labute approximate surface area is 240 Å². The van der Waals surface area contributed by atoms with Crippen LogP contribution in [-0.4, -0.2) is 4.98 Å². The minimum Gasteiger partial charge on any atom is -0.455 e. The summed E-state index contributed by atoms with van der Waals surface area (Å²) in [6.07, 6.45) is 5.58. The Bertz CT molecular complexity index is 2070. The van der Waals surface area contributed by atoms with Gasteiger partial charge in [0.25, 0.3) is 0 Å². The molecule has 39 heavy (non-hydrogen) atoms. The van der Waals surface area contributed by atoms with Crippen molar-refractivity contribution in [2.24, 2.45) is 0 Å². The van der Waals surface area contributed by atoms with Crippen LogP contribution < -0.4 is 0 Å². The molecule has 1 fully saturated rings. The Balaban J connectivity index is 1.43. The third-order valence-electron chi connectivity index (χ3n) is 7.96. The van der Waals surface area contributed by atoms with Gasteiger partial charge in [0.15, 0.2) is 0 Å². The van der Waals surface area contributed by atoms with Crippen LogP contribution in [0.4, 0.5) is 0 Å². The van der Waals surface area contributed by atoms with Crippen LogP contribution in [-0.2, 0) is 0 Å². The zero-order chi connectivity index (χ0) is 32.3. The van der Waals surface area contributed by atoms with Crippen molar-refractivity contribution in [1.29, 1.82) is 0 Å². The number of rotatable bonds is 4. The first-order valence-corrected chi connectivity index (χ1v) is 13.6. The largest absolute Gasteiger partial charge is 0.455 e. The molecule has 2 nitrogen and oxygen atoms in total. The summed E-state index contributed by atoms with van der Waals surface area (Å²) in [4.78, 5) is 4.61. The van der Waals surface area contributed by atoms with Gasteiger partial charge in [-0.05, 0) is 78.0 Å². The number of pyridine rings is 1. The highest BCUT2D eigenvalue weighted by atomic mass is 16.3. The molecule has 0 atom stereocenters. The highest BCUT2D eigenvalue weighted by Gasteiger charge is 2.19. The van der Waals surface area contributed by atoms with Crippen LogP contribution in [0.2, 0.25) is 0 Å². The van der Waals surface area contributed by atoms with Crippen LogP contribution in [0.1, 0.15) is 64.3 Å². The van der Waals surface area contributed by atoms with Gasteiger partial charge in [-0.25, -0.2) is 0 Å². The first kappa shape index (κ1) is 17.4. The van der Waals surface area contributed by atoms with E-state index in [-0.39, 0.29) is 16.7 Å². The van der Waals surface area contributed by atoms with Gasteiger partial charge in [0, 0.05) is 37.7 Å². The highest BCUT2D eigenvalue weighted by molar-refractivity contribution is 6.12. The molecule has 0 unspecified atom stereocenters. The Kier molecular flexibility index (Phi) is 4.40. The lowest BCUT2D eigenvalue weighted by Crippen LogP contribution is -2.05. The van der Waals surface area contributed by atoms with Gasteiger partial charge in [-0.1, -0.05) is 98.1 Å². The fraction of sp³-hybridized carbons (Fsp3) is 0.216. The lowest BCUT2D eigenvalue weighted by atomic mass is 9.82. The van der Waals surface area contributed by atoms with Gasteiger partial charge in [-0.2, -0.15) is 0 Å². The Morgan fingerprint density at radius 2 is 1.44 bits per heavy atom. The number of hydrogen-bond donors (Lipinski definition) is 0. The van der Waals surface area contributed by atoms with Crippen LogP contribution in [0.15, 0.2) is 102 Å². The van der Waals surface area contributed by atoms with Crippen molar-refractivity contribution < 1.29 is 14.0 Å². The maximum absolute atomic E-state index is 9.12. The maximum Gasteiger partial charge on any atom is 0.144 e. The number of furan rings is 1. The predicted octanol–water partition coefficient (Wildman–Crippen LogP) is 10.6. The zero-order valence-electron chi connectivity index (χ0n) is 28.6. The summed E-state index contributed by atoms with van der Waals surface area (Å²) in [6, 6.07) is 28.6. The van der Waals surface area contributed by atoms with E-state index in [1.165, 1.54) is 6.20 Å². The summed E-state index contributed by atoms with van der Waals surface area (Å²) in [7, 11) is 0. The Morgan fingerprint density at radius 1 is 0.692 bits per heavy atom. The number of para-hydroxylation sites is 2. The van der Waals surface area contributed by atoms with Gasteiger partial charge in [0.05, 0.1) is 5.69 Å². The van der Waals surface area contributed by atoms with E-state index in [1.54, 1.807) is 24.3 Å². The number of fused-ring (bicyclic) bond motifs is 3. The molecule has 4 aromatic carbocycles. The number of benzene rings is 4. The van der Waals surface area contributed by atoms with Crippen molar-refractivity contribution in [3.05, 3.63) is 114 Å². The van der Waals surface area contributed by atoms with E-state index in [0.29, 0.717) is 40.8 Å². The SMILES string of the molecule is [2H]C([2H])([2H])c1cnc(-c2cccc3c2oc2c(-c4ccccc4)cccc23)cc1-c1ccc(C2([2H])CCCCC2)cc1C([2H])([2H])[2H]. The molecule has 0 spiro atoms. The third kappa shape index (κ3) is 4.25. The summed E-state index contributed by atoms with van der Waals surface area (Å²) in [5.41, 5.74) is 5.74. The molecule has 7 rings (SSSR count). The van der Waals surface area contributed by atoms with E-state index >= 15 is 0 Å². The van der Waals surface area contributed by atoms with E-state index < -0.39 is 19.6 Å². The van der Waals surface area contributed by atoms with E-state index in [1.807, 2.05) is 66.7 Å². The van der Waals surface area contributed by atoms with Gasteiger partial charge in [-0.15, -0.1) is 0 Å². The molecular formula is C37H33NO. The lowest BCUT2D eigenvalue weighted by Gasteiger charge is -2.23. The molecule has 2 heteroatoms. The molecule has 1 aliphatic rings.